The summed E-state index contributed by atoms with van der Waals surface area (Å²) in [5.74, 6) is 2.49. The van der Waals surface area contributed by atoms with E-state index in [-0.39, 0.29) is 6.04 Å². The third-order valence-electron chi connectivity index (χ3n) is 4.08. The first-order chi connectivity index (χ1) is 9.65. The van der Waals surface area contributed by atoms with Gasteiger partial charge in [0, 0.05) is 40.7 Å². The van der Waals surface area contributed by atoms with Crippen molar-refractivity contribution in [2.75, 3.05) is 11.5 Å². The first kappa shape index (κ1) is 16.2. The fourth-order valence-electron chi connectivity index (χ4n) is 2.83. The van der Waals surface area contributed by atoms with E-state index < -0.39 is 0 Å². The summed E-state index contributed by atoms with van der Waals surface area (Å²) in [4.78, 5) is 0. The van der Waals surface area contributed by atoms with E-state index in [1.807, 2.05) is 11.8 Å². The lowest BCUT2D eigenvalue weighted by molar-refractivity contribution is 0.424. The summed E-state index contributed by atoms with van der Waals surface area (Å²) in [6.45, 7) is 6.75. The van der Waals surface area contributed by atoms with Gasteiger partial charge in [-0.15, -0.1) is 0 Å². The molecule has 3 unspecified atom stereocenters. The van der Waals surface area contributed by atoms with E-state index in [1.54, 1.807) is 0 Å². The molecule has 0 radical (unpaired) electrons. The fourth-order valence-corrected chi connectivity index (χ4v) is 5.72. The molecule has 1 aromatic heterocycles. The van der Waals surface area contributed by atoms with Gasteiger partial charge in [-0.2, -0.15) is 28.6 Å². The number of aromatic nitrogens is 2. The van der Waals surface area contributed by atoms with E-state index >= 15 is 0 Å². The molecule has 1 saturated heterocycles. The SMILES string of the molecule is CCC(CC)n1ccc(CC(N)C2SCCSC2C)n1. The van der Waals surface area contributed by atoms with Crippen LogP contribution >= 0.6 is 23.5 Å². The van der Waals surface area contributed by atoms with Crippen molar-refractivity contribution in [1.29, 1.82) is 0 Å². The van der Waals surface area contributed by atoms with Gasteiger partial charge in [-0.1, -0.05) is 20.8 Å². The summed E-state index contributed by atoms with van der Waals surface area (Å²) < 4.78 is 2.12. The molecule has 2 rings (SSSR count). The molecule has 1 aliphatic rings. The highest BCUT2D eigenvalue weighted by Crippen LogP contribution is 2.33. The molecule has 2 N–H and O–H groups in total. The Hall–Kier alpha value is -0.130. The number of nitrogens with zero attached hydrogens (tertiary/aromatic N) is 2. The van der Waals surface area contributed by atoms with Gasteiger partial charge in [0.05, 0.1) is 11.7 Å². The third-order valence-corrected chi connectivity index (χ3v) is 7.36. The van der Waals surface area contributed by atoms with Crippen molar-refractivity contribution < 1.29 is 0 Å². The molecule has 1 fully saturated rings. The normalized spacial score (nSPS) is 25.1. The van der Waals surface area contributed by atoms with Crippen molar-refractivity contribution in [3.8, 4) is 0 Å². The largest absolute Gasteiger partial charge is 0.326 e. The number of rotatable bonds is 6. The van der Waals surface area contributed by atoms with Crippen LogP contribution in [0, 0.1) is 0 Å². The van der Waals surface area contributed by atoms with Gasteiger partial charge in [-0.05, 0) is 18.9 Å². The van der Waals surface area contributed by atoms with Crippen LogP contribution in [0.25, 0.3) is 0 Å². The number of nitrogens with two attached hydrogens (primary N) is 1. The first-order valence-electron chi connectivity index (χ1n) is 7.68. The highest BCUT2D eigenvalue weighted by Gasteiger charge is 2.28. The topological polar surface area (TPSA) is 43.8 Å². The second-order valence-corrected chi connectivity index (χ2v) is 8.31. The Morgan fingerprint density at radius 3 is 2.70 bits per heavy atom. The molecule has 1 aromatic rings. The van der Waals surface area contributed by atoms with Gasteiger partial charge < -0.3 is 5.73 Å². The van der Waals surface area contributed by atoms with Crippen LogP contribution in [0.15, 0.2) is 12.3 Å². The lowest BCUT2D eigenvalue weighted by Gasteiger charge is -2.32. The Balaban J connectivity index is 1.95. The molecular formula is C15H27N3S2. The molecule has 0 saturated carbocycles. The quantitative estimate of drug-likeness (QED) is 0.874. The maximum Gasteiger partial charge on any atom is 0.0640 e. The molecule has 20 heavy (non-hydrogen) atoms. The summed E-state index contributed by atoms with van der Waals surface area (Å²) >= 11 is 4.10. The monoisotopic (exact) mass is 313 g/mol. The Labute approximate surface area is 131 Å². The van der Waals surface area contributed by atoms with Crippen molar-refractivity contribution in [2.45, 2.75) is 62.6 Å². The van der Waals surface area contributed by atoms with Gasteiger partial charge in [0.1, 0.15) is 0 Å². The van der Waals surface area contributed by atoms with Crippen LogP contribution in [0.3, 0.4) is 0 Å². The van der Waals surface area contributed by atoms with Crippen molar-refractivity contribution in [2.24, 2.45) is 5.73 Å². The average Bonchev–Trinajstić information content (AvgIpc) is 2.89. The smallest absolute Gasteiger partial charge is 0.0640 e. The highest BCUT2D eigenvalue weighted by atomic mass is 32.2. The van der Waals surface area contributed by atoms with Gasteiger partial charge in [0.2, 0.25) is 0 Å². The van der Waals surface area contributed by atoms with Crippen molar-refractivity contribution in [3.05, 3.63) is 18.0 Å². The van der Waals surface area contributed by atoms with E-state index in [0.717, 1.165) is 25.0 Å². The number of hydrogen-bond donors (Lipinski definition) is 1. The maximum atomic E-state index is 6.44. The molecule has 114 valence electrons. The molecule has 3 atom stereocenters. The molecule has 0 bridgehead atoms. The zero-order chi connectivity index (χ0) is 14.5. The van der Waals surface area contributed by atoms with Crippen molar-refractivity contribution >= 4 is 23.5 Å². The zero-order valence-electron chi connectivity index (χ0n) is 12.8. The Bertz CT molecular complexity index is 404. The van der Waals surface area contributed by atoms with Gasteiger partial charge in [0.15, 0.2) is 0 Å². The second kappa shape index (κ2) is 7.76. The molecule has 1 aliphatic heterocycles. The maximum absolute atomic E-state index is 6.44. The van der Waals surface area contributed by atoms with Crippen LogP contribution in [0.2, 0.25) is 0 Å². The van der Waals surface area contributed by atoms with E-state index in [9.17, 15) is 0 Å². The van der Waals surface area contributed by atoms with Crippen molar-refractivity contribution in [1.82, 2.24) is 9.78 Å². The van der Waals surface area contributed by atoms with Crippen molar-refractivity contribution in [3.63, 3.8) is 0 Å². The lowest BCUT2D eigenvalue weighted by Crippen LogP contribution is -2.42. The molecule has 5 heteroatoms. The fraction of sp³-hybridized carbons (Fsp3) is 0.800. The van der Waals surface area contributed by atoms with Gasteiger partial charge in [-0.25, -0.2) is 0 Å². The minimum absolute atomic E-state index is 0.216. The minimum atomic E-state index is 0.216. The highest BCUT2D eigenvalue weighted by molar-refractivity contribution is 8.07. The number of hydrogen-bond acceptors (Lipinski definition) is 4. The predicted octanol–water partition coefficient (Wildman–Crippen LogP) is 3.35. The van der Waals surface area contributed by atoms with Crippen LogP contribution in [0.4, 0.5) is 0 Å². The van der Waals surface area contributed by atoms with Crippen LogP contribution in [0.5, 0.6) is 0 Å². The molecule has 0 aromatic carbocycles. The summed E-state index contributed by atoms with van der Waals surface area (Å²) in [5.41, 5.74) is 7.58. The molecule has 2 heterocycles. The summed E-state index contributed by atoms with van der Waals surface area (Å²) in [5, 5.41) is 5.95. The average molecular weight is 314 g/mol. The third kappa shape index (κ3) is 3.95. The van der Waals surface area contributed by atoms with E-state index in [2.05, 4.69) is 49.5 Å². The Morgan fingerprint density at radius 2 is 2.05 bits per heavy atom. The molecule has 0 amide bonds. The molecule has 0 aliphatic carbocycles. The summed E-state index contributed by atoms with van der Waals surface area (Å²) in [6.07, 6.45) is 5.28. The van der Waals surface area contributed by atoms with Gasteiger partial charge >= 0.3 is 0 Å². The molecule has 3 nitrogen and oxygen atoms in total. The minimum Gasteiger partial charge on any atom is -0.326 e. The van der Waals surface area contributed by atoms with Crippen LogP contribution in [0.1, 0.15) is 45.3 Å². The second-order valence-electron chi connectivity index (χ2n) is 5.54. The van der Waals surface area contributed by atoms with Crippen LogP contribution < -0.4 is 5.73 Å². The standard InChI is InChI=1S/C15H27N3S2/c1-4-13(5-2)18-7-6-12(17-18)10-14(16)15-11(3)19-8-9-20-15/h6-7,11,13-15H,4-5,8-10,16H2,1-3H3. The van der Waals surface area contributed by atoms with E-state index in [0.29, 0.717) is 16.5 Å². The number of thioether (sulfide) groups is 2. The molecule has 0 spiro atoms. The summed E-state index contributed by atoms with van der Waals surface area (Å²) in [6, 6.07) is 2.88. The summed E-state index contributed by atoms with van der Waals surface area (Å²) in [7, 11) is 0. The van der Waals surface area contributed by atoms with Crippen LogP contribution in [-0.2, 0) is 6.42 Å². The van der Waals surface area contributed by atoms with Crippen LogP contribution in [-0.4, -0.2) is 37.8 Å². The lowest BCUT2D eigenvalue weighted by atomic mass is 10.1. The zero-order valence-corrected chi connectivity index (χ0v) is 14.4. The van der Waals surface area contributed by atoms with E-state index in [1.165, 1.54) is 11.5 Å². The molecular weight excluding hydrogens is 286 g/mol. The van der Waals surface area contributed by atoms with Gasteiger partial charge in [-0.3, -0.25) is 4.68 Å². The predicted molar refractivity (Wildman–Crippen MR) is 91.7 cm³/mol. The first-order valence-corrected chi connectivity index (χ1v) is 9.78. The Kier molecular flexibility index (Phi) is 6.30. The Morgan fingerprint density at radius 1 is 1.35 bits per heavy atom. The van der Waals surface area contributed by atoms with E-state index in [4.69, 9.17) is 10.8 Å². The van der Waals surface area contributed by atoms with Gasteiger partial charge in [0.25, 0.3) is 0 Å².